The Hall–Kier alpha value is -5.36. The van der Waals surface area contributed by atoms with Crippen LogP contribution >= 0.6 is 11.3 Å². The molecule has 212 valence electrons. The molecule has 0 spiro atoms. The first kappa shape index (κ1) is 28.2. The number of alkyl halides is 2. The van der Waals surface area contributed by atoms with Crippen molar-refractivity contribution in [2.75, 3.05) is 21.3 Å². The lowest BCUT2D eigenvalue weighted by molar-refractivity contribution is -0.0498. The molecule has 0 aliphatic heterocycles. The summed E-state index contributed by atoms with van der Waals surface area (Å²) >= 11 is 1.47. The number of nitrogens with one attached hydrogen (secondary N) is 4. The van der Waals surface area contributed by atoms with Gasteiger partial charge in [0.1, 0.15) is 5.75 Å². The number of carbonyl (C=O) groups excluding carboxylic acids is 2. The van der Waals surface area contributed by atoms with E-state index in [2.05, 4.69) is 36.0 Å². The van der Waals surface area contributed by atoms with Crippen LogP contribution in [0.1, 0.15) is 15.9 Å². The quantitative estimate of drug-likeness (QED) is 0.140. The van der Waals surface area contributed by atoms with E-state index >= 15 is 0 Å². The SMILES string of the molecule is Cc1ccc(NC(=O)c2ccc(NC(=O)Nc3ccc(OC(F)F)cc3)cc2)cc1Nc1nc(-c2cccnc2)cs1. The second-order valence-electron chi connectivity index (χ2n) is 8.95. The number of nitrogens with zero attached hydrogens (tertiary/aromatic N) is 2. The molecule has 0 aliphatic carbocycles. The van der Waals surface area contributed by atoms with Gasteiger partial charge in [0.05, 0.1) is 5.69 Å². The van der Waals surface area contributed by atoms with Gasteiger partial charge >= 0.3 is 12.6 Å². The highest BCUT2D eigenvalue weighted by Gasteiger charge is 2.11. The Morgan fingerprint density at radius 2 is 1.57 bits per heavy atom. The Labute approximate surface area is 243 Å². The average Bonchev–Trinajstić information content (AvgIpc) is 3.45. The van der Waals surface area contributed by atoms with Crippen molar-refractivity contribution in [3.8, 4) is 17.0 Å². The summed E-state index contributed by atoms with van der Waals surface area (Å²) in [6, 6.07) is 20.7. The number of halogens is 2. The fraction of sp³-hybridized carbons (Fsp3) is 0.0667. The first-order valence-electron chi connectivity index (χ1n) is 12.6. The lowest BCUT2D eigenvalue weighted by Crippen LogP contribution is -2.19. The molecule has 0 saturated heterocycles. The van der Waals surface area contributed by atoms with Gasteiger partial charge in [0.15, 0.2) is 5.13 Å². The van der Waals surface area contributed by atoms with Crippen LogP contribution in [-0.2, 0) is 0 Å². The van der Waals surface area contributed by atoms with E-state index in [0.29, 0.717) is 27.8 Å². The summed E-state index contributed by atoms with van der Waals surface area (Å²) in [4.78, 5) is 34.0. The van der Waals surface area contributed by atoms with Crippen LogP contribution in [0.5, 0.6) is 5.75 Å². The number of amides is 3. The van der Waals surface area contributed by atoms with Crippen LogP contribution in [0, 0.1) is 6.92 Å². The second kappa shape index (κ2) is 12.9. The molecule has 42 heavy (non-hydrogen) atoms. The predicted octanol–water partition coefficient (Wildman–Crippen LogP) is 7.75. The van der Waals surface area contributed by atoms with Gasteiger partial charge in [-0.1, -0.05) is 6.07 Å². The third-order valence-corrected chi connectivity index (χ3v) is 6.70. The summed E-state index contributed by atoms with van der Waals surface area (Å²) in [7, 11) is 0. The molecule has 4 N–H and O–H groups in total. The Kier molecular flexibility index (Phi) is 8.64. The summed E-state index contributed by atoms with van der Waals surface area (Å²) in [6.45, 7) is -0.965. The van der Waals surface area contributed by atoms with Crippen molar-refractivity contribution in [1.29, 1.82) is 0 Å². The van der Waals surface area contributed by atoms with Crippen LogP contribution in [0.3, 0.4) is 0 Å². The maximum atomic E-state index is 12.9. The smallest absolute Gasteiger partial charge is 0.387 e. The second-order valence-corrected chi connectivity index (χ2v) is 9.81. The van der Waals surface area contributed by atoms with Crippen LogP contribution in [0.25, 0.3) is 11.3 Å². The van der Waals surface area contributed by atoms with Gasteiger partial charge in [0.2, 0.25) is 0 Å². The topological polar surface area (TPSA) is 117 Å². The molecule has 3 amide bonds. The number of anilines is 5. The standard InChI is InChI=1S/C30H24F2N6O3S/c1-18-4-7-23(15-25(18)37-30-38-26(17-42-30)20-3-2-14-33-16-20)34-27(39)19-5-8-21(9-6-19)35-29(40)36-22-10-12-24(13-11-22)41-28(31)32/h2-17,28H,1H3,(H,34,39)(H,37,38)(H2,35,36,40). The van der Waals surface area contributed by atoms with E-state index in [1.807, 2.05) is 42.6 Å². The molecule has 9 nitrogen and oxygen atoms in total. The molecule has 2 heterocycles. The monoisotopic (exact) mass is 586 g/mol. The molecule has 0 unspecified atom stereocenters. The zero-order valence-corrected chi connectivity index (χ0v) is 22.9. The van der Waals surface area contributed by atoms with E-state index in [-0.39, 0.29) is 11.7 Å². The highest BCUT2D eigenvalue weighted by atomic mass is 32.1. The molecular weight excluding hydrogens is 562 g/mol. The maximum absolute atomic E-state index is 12.9. The fourth-order valence-electron chi connectivity index (χ4n) is 3.85. The lowest BCUT2D eigenvalue weighted by atomic mass is 10.1. The largest absolute Gasteiger partial charge is 0.435 e. The lowest BCUT2D eigenvalue weighted by Gasteiger charge is -2.12. The van der Waals surface area contributed by atoms with Crippen molar-refractivity contribution >= 4 is 51.2 Å². The van der Waals surface area contributed by atoms with Crippen molar-refractivity contribution in [3.05, 3.63) is 108 Å². The van der Waals surface area contributed by atoms with Crippen molar-refractivity contribution < 1.29 is 23.1 Å². The summed E-state index contributed by atoms with van der Waals surface area (Å²) in [5.41, 5.74) is 5.38. The first-order valence-corrected chi connectivity index (χ1v) is 13.5. The minimum Gasteiger partial charge on any atom is -0.435 e. The Morgan fingerprint density at radius 3 is 2.24 bits per heavy atom. The van der Waals surface area contributed by atoms with Crippen LogP contribution in [0.4, 0.5) is 41.5 Å². The predicted molar refractivity (Wildman–Crippen MR) is 160 cm³/mol. The van der Waals surface area contributed by atoms with Crippen molar-refractivity contribution in [3.63, 3.8) is 0 Å². The number of benzene rings is 3. The molecular formula is C30H24F2N6O3S. The van der Waals surface area contributed by atoms with E-state index in [0.717, 1.165) is 22.5 Å². The highest BCUT2D eigenvalue weighted by molar-refractivity contribution is 7.14. The van der Waals surface area contributed by atoms with E-state index in [1.165, 1.54) is 35.6 Å². The summed E-state index contributed by atoms with van der Waals surface area (Å²) in [5.74, 6) is -0.335. The van der Waals surface area contributed by atoms with Crippen molar-refractivity contribution in [2.24, 2.45) is 0 Å². The van der Waals surface area contributed by atoms with Gasteiger partial charge in [0, 0.05) is 51.7 Å². The number of aryl methyl sites for hydroxylation is 1. The normalized spacial score (nSPS) is 10.7. The molecule has 2 aromatic heterocycles. The Balaban J connectivity index is 1.17. The van der Waals surface area contributed by atoms with Gasteiger partial charge in [-0.25, -0.2) is 9.78 Å². The number of hydrogen-bond acceptors (Lipinski definition) is 7. The molecule has 0 saturated carbocycles. The molecule has 3 aromatic carbocycles. The number of aromatic nitrogens is 2. The number of thiazole rings is 1. The van der Waals surface area contributed by atoms with E-state index in [4.69, 9.17) is 0 Å². The maximum Gasteiger partial charge on any atom is 0.387 e. The third kappa shape index (κ3) is 7.43. The zero-order valence-electron chi connectivity index (χ0n) is 22.1. The van der Waals surface area contributed by atoms with Gasteiger partial charge in [-0.15, -0.1) is 11.3 Å². The third-order valence-electron chi connectivity index (χ3n) is 5.94. The molecule has 5 aromatic rings. The minimum atomic E-state index is -2.93. The zero-order chi connectivity index (χ0) is 29.5. The number of hydrogen-bond donors (Lipinski definition) is 4. The number of ether oxygens (including phenoxy) is 1. The van der Waals surface area contributed by atoms with Gasteiger partial charge in [-0.2, -0.15) is 8.78 Å². The molecule has 0 radical (unpaired) electrons. The first-order chi connectivity index (χ1) is 20.3. The minimum absolute atomic E-state index is 0.0159. The average molecular weight is 587 g/mol. The molecule has 0 bridgehead atoms. The van der Waals surface area contributed by atoms with Gasteiger partial charge in [-0.3, -0.25) is 9.78 Å². The molecule has 5 rings (SSSR count). The van der Waals surface area contributed by atoms with Gasteiger partial charge in [0.25, 0.3) is 5.91 Å². The van der Waals surface area contributed by atoms with Crippen molar-refractivity contribution in [2.45, 2.75) is 13.5 Å². The summed E-state index contributed by atoms with van der Waals surface area (Å²) in [6.07, 6.45) is 3.47. The van der Waals surface area contributed by atoms with Crippen LogP contribution in [0.2, 0.25) is 0 Å². The van der Waals surface area contributed by atoms with Gasteiger partial charge < -0.3 is 26.0 Å². The van der Waals surface area contributed by atoms with Gasteiger partial charge in [-0.05, 0) is 85.3 Å². The Morgan fingerprint density at radius 1 is 0.881 bits per heavy atom. The molecule has 0 aliphatic rings. The van der Waals surface area contributed by atoms with E-state index < -0.39 is 12.6 Å². The number of carbonyl (C=O) groups is 2. The fourth-order valence-corrected chi connectivity index (χ4v) is 4.58. The number of urea groups is 1. The highest BCUT2D eigenvalue weighted by Crippen LogP contribution is 2.29. The number of pyridine rings is 1. The summed E-state index contributed by atoms with van der Waals surface area (Å²) in [5, 5.41) is 14.1. The summed E-state index contributed by atoms with van der Waals surface area (Å²) < 4.78 is 28.8. The molecule has 0 atom stereocenters. The van der Waals surface area contributed by atoms with Crippen molar-refractivity contribution in [1.82, 2.24) is 9.97 Å². The van der Waals surface area contributed by atoms with E-state index in [9.17, 15) is 18.4 Å². The van der Waals surface area contributed by atoms with Crippen LogP contribution in [-0.4, -0.2) is 28.5 Å². The number of rotatable bonds is 9. The Bertz CT molecular complexity index is 1680. The van der Waals surface area contributed by atoms with Crippen LogP contribution in [0.15, 0.2) is 96.6 Å². The van der Waals surface area contributed by atoms with Crippen LogP contribution < -0.4 is 26.0 Å². The molecule has 0 fully saturated rings. The molecule has 12 heteroatoms. The van der Waals surface area contributed by atoms with E-state index in [1.54, 1.807) is 36.7 Å².